The number of aromatic carboxylic acids is 1. The highest BCUT2D eigenvalue weighted by atomic mass is 19.1. The third-order valence-electron chi connectivity index (χ3n) is 2.95. The van der Waals surface area contributed by atoms with Gasteiger partial charge in [-0.15, -0.1) is 0 Å². The van der Waals surface area contributed by atoms with E-state index in [1.807, 2.05) is 13.8 Å². The van der Waals surface area contributed by atoms with Crippen LogP contribution in [-0.4, -0.2) is 20.9 Å². The number of benzene rings is 1. The largest absolute Gasteiger partial charge is 0.478 e. The molecule has 0 aliphatic rings. The lowest BCUT2D eigenvalue weighted by atomic mass is 10.0. The summed E-state index contributed by atoms with van der Waals surface area (Å²) >= 11 is 0. The van der Waals surface area contributed by atoms with Crippen molar-refractivity contribution in [3.63, 3.8) is 0 Å². The van der Waals surface area contributed by atoms with E-state index >= 15 is 0 Å². The molecular formula is C14H15FN2O2. The second-order valence-corrected chi connectivity index (χ2v) is 4.70. The van der Waals surface area contributed by atoms with Crippen LogP contribution in [0.4, 0.5) is 4.39 Å². The molecule has 0 unspecified atom stereocenters. The minimum absolute atomic E-state index is 0.0600. The van der Waals surface area contributed by atoms with Crippen molar-refractivity contribution in [2.45, 2.75) is 26.8 Å². The first-order valence-corrected chi connectivity index (χ1v) is 5.99. The first-order chi connectivity index (χ1) is 8.90. The molecule has 0 radical (unpaired) electrons. The Morgan fingerprint density at radius 2 is 2.05 bits per heavy atom. The van der Waals surface area contributed by atoms with E-state index in [4.69, 9.17) is 5.11 Å². The molecule has 1 aromatic heterocycles. The fourth-order valence-electron chi connectivity index (χ4n) is 1.88. The normalized spacial score (nSPS) is 11.0. The van der Waals surface area contributed by atoms with Gasteiger partial charge in [-0.1, -0.05) is 6.07 Å². The van der Waals surface area contributed by atoms with Crippen LogP contribution in [0.3, 0.4) is 0 Å². The zero-order chi connectivity index (χ0) is 14.2. The predicted octanol–water partition coefficient (Wildman–Crippen LogP) is 3.28. The van der Waals surface area contributed by atoms with Crippen molar-refractivity contribution >= 4 is 5.97 Å². The van der Waals surface area contributed by atoms with E-state index in [1.165, 1.54) is 12.1 Å². The molecule has 0 atom stereocenters. The second-order valence-electron chi connectivity index (χ2n) is 4.70. The molecule has 19 heavy (non-hydrogen) atoms. The van der Waals surface area contributed by atoms with Gasteiger partial charge in [-0.2, -0.15) is 5.10 Å². The summed E-state index contributed by atoms with van der Waals surface area (Å²) in [6.07, 6.45) is 1.78. The van der Waals surface area contributed by atoms with Crippen LogP contribution in [0, 0.1) is 12.7 Å². The van der Waals surface area contributed by atoms with Gasteiger partial charge in [0.25, 0.3) is 0 Å². The number of hydrogen-bond acceptors (Lipinski definition) is 2. The van der Waals surface area contributed by atoms with Crippen LogP contribution >= 0.6 is 0 Å². The highest BCUT2D eigenvalue weighted by Gasteiger charge is 2.14. The van der Waals surface area contributed by atoms with Crippen molar-refractivity contribution in [2.75, 3.05) is 0 Å². The van der Waals surface area contributed by atoms with Crippen LogP contribution in [0.2, 0.25) is 0 Å². The molecule has 0 aliphatic heterocycles. The maximum absolute atomic E-state index is 14.0. The van der Waals surface area contributed by atoms with Crippen LogP contribution in [0.15, 0.2) is 24.4 Å². The SMILES string of the molecule is Cc1nn(C(C)C)cc1-c1ccc(C(=O)O)cc1F. The van der Waals surface area contributed by atoms with E-state index in [1.54, 1.807) is 17.8 Å². The van der Waals surface area contributed by atoms with Crippen LogP contribution in [-0.2, 0) is 0 Å². The first kappa shape index (κ1) is 13.3. The number of hydrogen-bond donors (Lipinski definition) is 1. The summed E-state index contributed by atoms with van der Waals surface area (Å²) in [5.41, 5.74) is 1.71. The van der Waals surface area contributed by atoms with Gasteiger partial charge < -0.3 is 5.11 Å². The van der Waals surface area contributed by atoms with Crippen molar-refractivity contribution in [1.29, 1.82) is 0 Å². The van der Waals surface area contributed by atoms with E-state index in [2.05, 4.69) is 5.10 Å². The smallest absolute Gasteiger partial charge is 0.335 e. The monoisotopic (exact) mass is 262 g/mol. The lowest BCUT2D eigenvalue weighted by Crippen LogP contribution is -2.00. The fraction of sp³-hybridized carbons (Fsp3) is 0.286. The highest BCUT2D eigenvalue weighted by Crippen LogP contribution is 2.27. The number of aryl methyl sites for hydroxylation is 1. The molecule has 0 aliphatic carbocycles. The second kappa shape index (κ2) is 4.84. The topological polar surface area (TPSA) is 55.1 Å². The highest BCUT2D eigenvalue weighted by molar-refractivity contribution is 5.88. The Balaban J connectivity index is 2.50. The fourth-order valence-corrected chi connectivity index (χ4v) is 1.88. The molecule has 1 heterocycles. The summed E-state index contributed by atoms with van der Waals surface area (Å²) in [5, 5.41) is 13.1. The minimum atomic E-state index is -1.14. The van der Waals surface area contributed by atoms with Crippen LogP contribution in [0.1, 0.15) is 35.9 Å². The first-order valence-electron chi connectivity index (χ1n) is 5.99. The molecule has 4 nitrogen and oxygen atoms in total. The van der Waals surface area contributed by atoms with Crippen LogP contribution < -0.4 is 0 Å². The van der Waals surface area contributed by atoms with Gasteiger partial charge in [-0.05, 0) is 32.9 Å². The third kappa shape index (κ3) is 2.50. The Kier molecular flexibility index (Phi) is 3.38. The molecule has 0 saturated heterocycles. The molecule has 2 aromatic rings. The Labute approximate surface area is 110 Å². The molecule has 0 amide bonds. The summed E-state index contributed by atoms with van der Waals surface area (Å²) in [6, 6.07) is 4.10. The van der Waals surface area contributed by atoms with Gasteiger partial charge in [-0.25, -0.2) is 9.18 Å². The van der Waals surface area contributed by atoms with Gasteiger partial charge in [0.15, 0.2) is 0 Å². The molecule has 1 aromatic carbocycles. The van der Waals surface area contributed by atoms with Crippen molar-refractivity contribution in [3.05, 3.63) is 41.5 Å². The number of aromatic nitrogens is 2. The minimum Gasteiger partial charge on any atom is -0.478 e. The van der Waals surface area contributed by atoms with E-state index in [9.17, 15) is 9.18 Å². The quantitative estimate of drug-likeness (QED) is 0.923. The Morgan fingerprint density at radius 1 is 1.37 bits per heavy atom. The summed E-state index contributed by atoms with van der Waals surface area (Å²) in [6.45, 7) is 5.78. The van der Waals surface area contributed by atoms with Gasteiger partial charge in [-0.3, -0.25) is 4.68 Å². The van der Waals surface area contributed by atoms with Crippen LogP contribution in [0.5, 0.6) is 0 Å². The molecule has 0 bridgehead atoms. The number of carboxylic acid groups (broad SMARTS) is 1. The van der Waals surface area contributed by atoms with Gasteiger partial charge in [0.1, 0.15) is 5.82 Å². The summed E-state index contributed by atoms with van der Waals surface area (Å²) < 4.78 is 15.7. The van der Waals surface area contributed by atoms with E-state index in [0.717, 1.165) is 11.8 Å². The number of halogens is 1. The lowest BCUT2D eigenvalue weighted by molar-refractivity contribution is 0.0696. The van der Waals surface area contributed by atoms with Crippen molar-refractivity contribution < 1.29 is 14.3 Å². The average Bonchev–Trinajstić information content (AvgIpc) is 2.71. The molecular weight excluding hydrogens is 247 g/mol. The molecule has 0 fully saturated rings. The van der Waals surface area contributed by atoms with E-state index in [0.29, 0.717) is 11.1 Å². The molecule has 100 valence electrons. The number of rotatable bonds is 3. The molecule has 5 heteroatoms. The van der Waals surface area contributed by atoms with Crippen molar-refractivity contribution in [2.24, 2.45) is 0 Å². The Hall–Kier alpha value is -2.17. The zero-order valence-corrected chi connectivity index (χ0v) is 11.0. The van der Waals surface area contributed by atoms with Gasteiger partial charge in [0.2, 0.25) is 0 Å². The number of carbonyl (C=O) groups is 1. The molecule has 0 spiro atoms. The standard InChI is InChI=1S/C14H15FN2O2/c1-8(2)17-7-12(9(3)16-17)11-5-4-10(14(18)19)6-13(11)15/h4-8H,1-3H3,(H,18,19). The summed E-state index contributed by atoms with van der Waals surface area (Å²) in [5.74, 6) is -1.69. The molecule has 1 N–H and O–H groups in total. The van der Waals surface area contributed by atoms with E-state index in [-0.39, 0.29) is 11.6 Å². The Bertz CT molecular complexity index is 632. The lowest BCUT2D eigenvalue weighted by Gasteiger charge is -2.04. The maximum atomic E-state index is 14.0. The van der Waals surface area contributed by atoms with Crippen LogP contribution in [0.25, 0.3) is 11.1 Å². The van der Waals surface area contributed by atoms with Crippen molar-refractivity contribution in [3.8, 4) is 11.1 Å². The Morgan fingerprint density at radius 3 is 2.53 bits per heavy atom. The van der Waals surface area contributed by atoms with Crippen molar-refractivity contribution in [1.82, 2.24) is 9.78 Å². The van der Waals surface area contributed by atoms with Gasteiger partial charge in [0, 0.05) is 23.4 Å². The number of carboxylic acids is 1. The zero-order valence-electron chi connectivity index (χ0n) is 11.0. The van der Waals surface area contributed by atoms with Gasteiger partial charge >= 0.3 is 5.97 Å². The molecule has 2 rings (SSSR count). The maximum Gasteiger partial charge on any atom is 0.335 e. The summed E-state index contributed by atoms with van der Waals surface area (Å²) in [4.78, 5) is 10.8. The number of nitrogens with zero attached hydrogens (tertiary/aromatic N) is 2. The molecule has 0 saturated carbocycles. The van der Waals surface area contributed by atoms with E-state index < -0.39 is 11.8 Å². The third-order valence-corrected chi connectivity index (χ3v) is 2.95. The van der Waals surface area contributed by atoms with Gasteiger partial charge in [0.05, 0.1) is 11.3 Å². The average molecular weight is 262 g/mol. The summed E-state index contributed by atoms with van der Waals surface area (Å²) in [7, 11) is 0. The predicted molar refractivity (Wildman–Crippen MR) is 69.7 cm³/mol.